The highest BCUT2D eigenvalue weighted by molar-refractivity contribution is 5.05. The van der Waals surface area contributed by atoms with E-state index in [1.54, 1.807) is 0 Å². The topological polar surface area (TPSA) is 21.7 Å². The van der Waals surface area contributed by atoms with E-state index in [-0.39, 0.29) is 24.1 Å². The van der Waals surface area contributed by atoms with E-state index in [1.807, 2.05) is 0 Å². The summed E-state index contributed by atoms with van der Waals surface area (Å²) in [4.78, 5) is 2.32. The number of ether oxygens (including phenoxy) is 2. The number of hydrogen-bond donors (Lipinski definition) is 0. The average molecular weight is 319 g/mol. The minimum atomic E-state index is -4.24. The Bertz CT molecular complexity index is 411. The van der Waals surface area contributed by atoms with Crippen LogP contribution in [-0.4, -0.2) is 48.5 Å². The maximum absolute atomic E-state index is 13.0. The predicted octanol–water partition coefficient (Wildman–Crippen LogP) is 3.50. The van der Waals surface area contributed by atoms with Crippen LogP contribution < -0.4 is 0 Å². The lowest BCUT2D eigenvalue weighted by Gasteiger charge is -2.35. The Morgan fingerprint density at radius 1 is 1.27 bits per heavy atom. The molecule has 2 aliphatic heterocycles. The van der Waals surface area contributed by atoms with Crippen LogP contribution in [0.4, 0.5) is 13.2 Å². The maximum atomic E-state index is 13.0. The van der Waals surface area contributed by atoms with Gasteiger partial charge in [0.2, 0.25) is 0 Å². The monoisotopic (exact) mass is 319 g/mol. The standard InChI is InChI=1S/C16H24F3NO2/c1-2-21-11-15-7-3-9-20(15)13(6-8-15)10-22-14(12-4-5-12)16(17,18)19/h2,12-14H,1,3-11H2. The van der Waals surface area contributed by atoms with Crippen LogP contribution in [-0.2, 0) is 9.47 Å². The molecule has 0 aromatic carbocycles. The van der Waals surface area contributed by atoms with Crippen LogP contribution in [0.25, 0.3) is 0 Å². The molecule has 0 N–H and O–H groups in total. The molecule has 0 aromatic rings. The van der Waals surface area contributed by atoms with Crippen LogP contribution in [0.1, 0.15) is 38.5 Å². The fourth-order valence-electron chi connectivity index (χ4n) is 4.11. The molecule has 1 saturated carbocycles. The van der Waals surface area contributed by atoms with Crippen molar-refractivity contribution in [2.45, 2.75) is 62.4 Å². The summed E-state index contributed by atoms with van der Waals surface area (Å²) >= 11 is 0. The van der Waals surface area contributed by atoms with E-state index < -0.39 is 12.3 Å². The molecule has 1 aliphatic carbocycles. The normalized spacial score (nSPS) is 33.7. The first-order valence-electron chi connectivity index (χ1n) is 8.14. The molecule has 0 radical (unpaired) electrons. The van der Waals surface area contributed by atoms with E-state index >= 15 is 0 Å². The van der Waals surface area contributed by atoms with Crippen LogP contribution in [0.5, 0.6) is 0 Å². The van der Waals surface area contributed by atoms with Crippen molar-refractivity contribution in [2.24, 2.45) is 5.92 Å². The van der Waals surface area contributed by atoms with Crippen LogP contribution >= 0.6 is 0 Å². The second kappa shape index (κ2) is 6.04. The van der Waals surface area contributed by atoms with E-state index in [9.17, 15) is 13.2 Å². The van der Waals surface area contributed by atoms with E-state index in [1.165, 1.54) is 6.26 Å². The molecule has 0 aromatic heterocycles. The average Bonchev–Trinajstić information content (AvgIpc) is 3.09. The van der Waals surface area contributed by atoms with Crippen molar-refractivity contribution in [1.29, 1.82) is 0 Å². The van der Waals surface area contributed by atoms with Crippen molar-refractivity contribution < 1.29 is 22.6 Å². The van der Waals surface area contributed by atoms with Gasteiger partial charge in [-0.05, 0) is 51.0 Å². The highest BCUT2D eigenvalue weighted by Crippen LogP contribution is 2.45. The Morgan fingerprint density at radius 3 is 2.68 bits per heavy atom. The molecule has 2 heterocycles. The Morgan fingerprint density at radius 2 is 2.05 bits per heavy atom. The second-order valence-corrected chi connectivity index (χ2v) is 6.82. The molecule has 3 rings (SSSR count). The molecule has 3 fully saturated rings. The molecule has 0 bridgehead atoms. The van der Waals surface area contributed by atoms with Crippen molar-refractivity contribution in [3.63, 3.8) is 0 Å². The lowest BCUT2D eigenvalue weighted by Crippen LogP contribution is -2.47. The third-order valence-corrected chi connectivity index (χ3v) is 5.34. The maximum Gasteiger partial charge on any atom is 0.414 e. The van der Waals surface area contributed by atoms with Crippen molar-refractivity contribution in [1.82, 2.24) is 4.90 Å². The fourth-order valence-corrected chi connectivity index (χ4v) is 4.11. The zero-order chi connectivity index (χ0) is 15.8. The zero-order valence-corrected chi connectivity index (χ0v) is 12.8. The minimum Gasteiger partial charge on any atom is -0.500 e. The lowest BCUT2D eigenvalue weighted by molar-refractivity contribution is -0.230. The van der Waals surface area contributed by atoms with Gasteiger partial charge in [-0.15, -0.1) is 0 Å². The van der Waals surface area contributed by atoms with Crippen molar-refractivity contribution in [3.05, 3.63) is 12.8 Å². The summed E-state index contributed by atoms with van der Waals surface area (Å²) < 4.78 is 49.8. The summed E-state index contributed by atoms with van der Waals surface area (Å²) in [5.74, 6) is -0.325. The molecule has 3 nitrogen and oxygen atoms in total. The molecule has 6 heteroatoms. The first kappa shape index (κ1) is 16.1. The zero-order valence-electron chi connectivity index (χ0n) is 12.8. The molecule has 0 amide bonds. The van der Waals surface area contributed by atoms with Gasteiger partial charge < -0.3 is 9.47 Å². The largest absolute Gasteiger partial charge is 0.500 e. The van der Waals surface area contributed by atoms with Gasteiger partial charge in [0.25, 0.3) is 0 Å². The van der Waals surface area contributed by atoms with Gasteiger partial charge in [-0.25, -0.2) is 0 Å². The first-order chi connectivity index (χ1) is 10.5. The second-order valence-electron chi connectivity index (χ2n) is 6.82. The van der Waals surface area contributed by atoms with Gasteiger partial charge in [-0.1, -0.05) is 6.58 Å². The highest BCUT2D eigenvalue weighted by Gasteiger charge is 2.52. The Labute approximate surface area is 129 Å². The molecular formula is C16H24F3NO2. The number of nitrogens with zero attached hydrogens (tertiary/aromatic N) is 1. The summed E-state index contributed by atoms with van der Waals surface area (Å²) in [7, 11) is 0. The van der Waals surface area contributed by atoms with E-state index in [4.69, 9.17) is 9.47 Å². The summed E-state index contributed by atoms with van der Waals surface area (Å²) in [5.41, 5.74) is -0.0183. The van der Waals surface area contributed by atoms with Gasteiger partial charge in [0.1, 0.15) is 6.61 Å². The van der Waals surface area contributed by atoms with Crippen molar-refractivity contribution in [3.8, 4) is 0 Å². The van der Waals surface area contributed by atoms with Crippen molar-refractivity contribution >= 4 is 0 Å². The molecule has 2 saturated heterocycles. The third kappa shape index (κ3) is 3.13. The minimum absolute atomic E-state index is 0.0183. The predicted molar refractivity (Wildman–Crippen MR) is 76.4 cm³/mol. The summed E-state index contributed by atoms with van der Waals surface area (Å²) in [5, 5.41) is 0. The quantitative estimate of drug-likeness (QED) is 0.670. The van der Waals surface area contributed by atoms with Gasteiger partial charge in [-0.2, -0.15) is 13.2 Å². The summed E-state index contributed by atoms with van der Waals surface area (Å²) in [6.45, 7) is 5.26. The highest BCUT2D eigenvalue weighted by atomic mass is 19.4. The first-order valence-corrected chi connectivity index (χ1v) is 8.14. The Hall–Kier alpha value is -0.750. The lowest BCUT2D eigenvalue weighted by atomic mass is 9.95. The van der Waals surface area contributed by atoms with E-state index in [0.717, 1.165) is 32.2 Å². The summed E-state index contributed by atoms with van der Waals surface area (Å²) in [6.07, 6.45) is 0.867. The summed E-state index contributed by atoms with van der Waals surface area (Å²) in [6, 6.07) is 0.0829. The molecule has 3 unspecified atom stereocenters. The molecule has 0 spiro atoms. The number of hydrogen-bond acceptors (Lipinski definition) is 3. The number of fused-ring (bicyclic) bond motifs is 1. The van der Waals surface area contributed by atoms with E-state index in [2.05, 4.69) is 11.5 Å². The molecule has 126 valence electrons. The fraction of sp³-hybridized carbons (Fsp3) is 0.875. The van der Waals surface area contributed by atoms with Gasteiger partial charge in [0, 0.05) is 6.04 Å². The van der Waals surface area contributed by atoms with Gasteiger partial charge in [-0.3, -0.25) is 4.90 Å². The number of halogens is 3. The van der Waals surface area contributed by atoms with Gasteiger partial charge >= 0.3 is 6.18 Å². The smallest absolute Gasteiger partial charge is 0.414 e. The Kier molecular flexibility index (Phi) is 4.42. The number of alkyl halides is 3. The van der Waals surface area contributed by atoms with Crippen LogP contribution in [0.15, 0.2) is 12.8 Å². The molecule has 22 heavy (non-hydrogen) atoms. The molecule has 3 atom stereocenters. The van der Waals surface area contributed by atoms with Crippen LogP contribution in [0, 0.1) is 5.92 Å². The third-order valence-electron chi connectivity index (χ3n) is 5.34. The molecular weight excluding hydrogens is 295 g/mol. The van der Waals surface area contributed by atoms with Crippen molar-refractivity contribution in [2.75, 3.05) is 19.8 Å². The van der Waals surface area contributed by atoms with Gasteiger partial charge in [0.15, 0.2) is 6.10 Å². The SMILES string of the molecule is C=COCC12CCCN1C(COC(C1CC1)C(F)(F)F)CC2. The Balaban J connectivity index is 1.58. The molecule has 3 aliphatic rings. The van der Waals surface area contributed by atoms with Gasteiger partial charge in [0.05, 0.1) is 18.4 Å². The van der Waals surface area contributed by atoms with E-state index in [0.29, 0.717) is 19.4 Å². The van der Waals surface area contributed by atoms with Crippen LogP contribution in [0.2, 0.25) is 0 Å². The number of rotatable bonds is 7. The van der Waals surface area contributed by atoms with Crippen LogP contribution in [0.3, 0.4) is 0 Å².